The molecule has 1 aliphatic rings. The maximum atomic E-state index is 12.8. The third-order valence-corrected chi connectivity index (χ3v) is 7.09. The number of amides is 1. The Morgan fingerprint density at radius 1 is 1.00 bits per heavy atom. The van der Waals surface area contributed by atoms with Crippen LogP contribution < -0.4 is 30.3 Å². The Hall–Kier alpha value is -4.61. The molecule has 1 amide bonds. The van der Waals surface area contributed by atoms with E-state index in [1.54, 1.807) is 50.2 Å². The van der Waals surface area contributed by atoms with Gasteiger partial charge in [0.05, 0.1) is 36.1 Å². The molecular weight excluding hydrogens is 616 g/mol. The van der Waals surface area contributed by atoms with Crippen LogP contribution in [0.3, 0.4) is 0 Å². The molecule has 3 aromatic rings. The first-order valence-electron chi connectivity index (χ1n) is 14.3. The van der Waals surface area contributed by atoms with E-state index in [0.717, 1.165) is 11.1 Å². The summed E-state index contributed by atoms with van der Waals surface area (Å²) in [6.45, 7) is 7.99. The lowest BCUT2D eigenvalue weighted by Gasteiger charge is -2.30. The molecule has 1 aliphatic heterocycles. The third-order valence-electron chi connectivity index (χ3n) is 6.59. The molecule has 0 aromatic heterocycles. The number of carbonyl (C=O) groups excluding carboxylic acids is 2. The van der Waals surface area contributed by atoms with Crippen LogP contribution in [0.25, 0.3) is 0 Å². The number of benzene rings is 3. The van der Waals surface area contributed by atoms with E-state index in [1.807, 2.05) is 38.1 Å². The average molecular weight is 651 g/mol. The third kappa shape index (κ3) is 8.96. The van der Waals surface area contributed by atoms with Crippen LogP contribution in [0, 0.1) is 6.92 Å². The Morgan fingerprint density at radius 3 is 2.49 bits per heavy atom. The van der Waals surface area contributed by atoms with E-state index in [9.17, 15) is 9.59 Å². The van der Waals surface area contributed by atoms with Crippen LogP contribution in [-0.2, 0) is 20.9 Å². The van der Waals surface area contributed by atoms with Gasteiger partial charge in [-0.2, -0.15) is 5.10 Å². The second kappa shape index (κ2) is 15.9. The minimum Gasteiger partial charge on any atom is -0.490 e. The topological polar surface area (TPSA) is 120 Å². The molecule has 4 rings (SSSR count). The molecule has 0 saturated heterocycles. The average Bonchev–Trinajstić information content (AvgIpc) is 3.00. The quantitative estimate of drug-likeness (QED) is 0.0952. The highest BCUT2D eigenvalue weighted by molar-refractivity contribution is 7.80. The minimum absolute atomic E-state index is 0.219. The molecule has 12 heteroatoms. The zero-order valence-corrected chi connectivity index (χ0v) is 27.0. The number of hydrogen-bond donors (Lipinski definition) is 3. The van der Waals surface area contributed by atoms with Gasteiger partial charge in [-0.05, 0) is 69.2 Å². The van der Waals surface area contributed by atoms with Crippen molar-refractivity contribution >= 4 is 47.0 Å². The molecule has 236 valence electrons. The second-order valence-electron chi connectivity index (χ2n) is 9.95. The smallest absolute Gasteiger partial charge is 0.338 e. The Labute approximate surface area is 272 Å². The predicted octanol–water partition coefficient (Wildman–Crippen LogP) is 5.51. The van der Waals surface area contributed by atoms with Gasteiger partial charge in [0.25, 0.3) is 5.91 Å². The summed E-state index contributed by atoms with van der Waals surface area (Å²) in [7, 11) is 0. The molecule has 1 heterocycles. The van der Waals surface area contributed by atoms with Crippen LogP contribution in [0.15, 0.2) is 77.0 Å². The van der Waals surface area contributed by atoms with Crippen molar-refractivity contribution in [3.8, 4) is 17.2 Å². The van der Waals surface area contributed by atoms with Gasteiger partial charge in [0.2, 0.25) is 0 Å². The standard InChI is InChI=1S/C33H35ClN4O6S/c1-5-41-27-16-23(15-25(34)31(27)44-18-22-13-11-20(3)12-14-22)17-35-38-28(39)19-43-26-10-8-7-9-24(26)30-29(32(40)42-6-2)21(4)36-33(45)37-30/h7-17,30H,5-6,18-19H2,1-4H3,(H,38,39)(H2,36,37,45)/t30-/m1/s1. The van der Waals surface area contributed by atoms with Gasteiger partial charge in [-0.1, -0.05) is 59.6 Å². The zero-order valence-electron chi connectivity index (χ0n) is 25.4. The van der Waals surface area contributed by atoms with Gasteiger partial charge in [-0.3, -0.25) is 4.79 Å². The first-order valence-corrected chi connectivity index (χ1v) is 15.1. The lowest BCUT2D eigenvalue weighted by atomic mass is 9.95. The summed E-state index contributed by atoms with van der Waals surface area (Å²) in [4.78, 5) is 25.4. The number of allylic oxidation sites excluding steroid dienone is 1. The van der Waals surface area contributed by atoms with Crippen molar-refractivity contribution in [3.05, 3.63) is 99.2 Å². The molecule has 10 nitrogen and oxygen atoms in total. The lowest BCUT2D eigenvalue weighted by Crippen LogP contribution is -2.45. The molecule has 3 aromatic carbocycles. The number of rotatable bonds is 13. The predicted molar refractivity (Wildman–Crippen MR) is 177 cm³/mol. The fraction of sp³-hybridized carbons (Fsp3) is 0.273. The van der Waals surface area contributed by atoms with Crippen molar-refractivity contribution in [2.24, 2.45) is 5.10 Å². The van der Waals surface area contributed by atoms with Gasteiger partial charge in [0.15, 0.2) is 23.2 Å². The molecule has 3 N–H and O–H groups in total. The van der Waals surface area contributed by atoms with E-state index in [2.05, 4.69) is 21.2 Å². The van der Waals surface area contributed by atoms with Gasteiger partial charge in [0.1, 0.15) is 12.4 Å². The van der Waals surface area contributed by atoms with E-state index in [1.165, 1.54) is 6.21 Å². The molecule has 45 heavy (non-hydrogen) atoms. The normalized spacial score (nSPS) is 14.4. The summed E-state index contributed by atoms with van der Waals surface area (Å²) in [6, 6.07) is 17.9. The number of hydrazone groups is 1. The first-order chi connectivity index (χ1) is 21.7. The molecule has 0 saturated carbocycles. The van der Waals surface area contributed by atoms with Crippen LogP contribution in [-0.4, -0.2) is 43.0 Å². The number of nitrogens with one attached hydrogen (secondary N) is 3. The fourth-order valence-electron chi connectivity index (χ4n) is 4.52. The Kier molecular flexibility index (Phi) is 11.8. The summed E-state index contributed by atoms with van der Waals surface area (Å²) < 4.78 is 22.9. The highest BCUT2D eigenvalue weighted by Gasteiger charge is 2.32. The number of hydrogen-bond acceptors (Lipinski definition) is 8. The van der Waals surface area contributed by atoms with Crippen molar-refractivity contribution < 1.29 is 28.5 Å². The van der Waals surface area contributed by atoms with Crippen molar-refractivity contribution in [1.29, 1.82) is 0 Å². The zero-order chi connectivity index (χ0) is 32.3. The highest BCUT2D eigenvalue weighted by Crippen LogP contribution is 2.37. The van der Waals surface area contributed by atoms with Gasteiger partial charge in [-0.25, -0.2) is 10.2 Å². The number of esters is 1. The Bertz CT molecular complexity index is 1610. The number of halogens is 1. The summed E-state index contributed by atoms with van der Waals surface area (Å²) in [5.74, 6) is 0.293. The number of ether oxygens (including phenoxy) is 4. The Balaban J connectivity index is 1.41. The minimum atomic E-state index is -0.636. The molecule has 0 aliphatic carbocycles. The molecule has 1 atom stereocenters. The maximum Gasteiger partial charge on any atom is 0.338 e. The fourth-order valence-corrected chi connectivity index (χ4v) is 5.06. The number of nitrogens with zero attached hydrogens (tertiary/aromatic N) is 1. The van der Waals surface area contributed by atoms with Crippen LogP contribution in [0.5, 0.6) is 17.2 Å². The highest BCUT2D eigenvalue weighted by atomic mass is 35.5. The molecule has 0 unspecified atom stereocenters. The van der Waals surface area contributed by atoms with E-state index in [4.69, 9.17) is 42.8 Å². The van der Waals surface area contributed by atoms with Crippen LogP contribution >= 0.6 is 23.8 Å². The van der Waals surface area contributed by atoms with Crippen molar-refractivity contribution in [3.63, 3.8) is 0 Å². The van der Waals surface area contributed by atoms with Crippen molar-refractivity contribution in [1.82, 2.24) is 16.1 Å². The molecule has 0 fully saturated rings. The van der Waals surface area contributed by atoms with Crippen molar-refractivity contribution in [2.45, 2.75) is 40.3 Å². The monoisotopic (exact) mass is 650 g/mol. The number of thiocarbonyl (C=S) groups is 1. The molecule has 0 spiro atoms. The van der Waals surface area contributed by atoms with Crippen LogP contribution in [0.2, 0.25) is 5.02 Å². The van der Waals surface area contributed by atoms with Gasteiger partial charge in [-0.15, -0.1) is 0 Å². The van der Waals surface area contributed by atoms with E-state index >= 15 is 0 Å². The summed E-state index contributed by atoms with van der Waals surface area (Å²) in [5, 5.41) is 10.8. The van der Waals surface area contributed by atoms with E-state index in [-0.39, 0.29) is 13.2 Å². The molecule has 0 bridgehead atoms. The van der Waals surface area contributed by atoms with Gasteiger partial charge >= 0.3 is 5.97 Å². The lowest BCUT2D eigenvalue weighted by molar-refractivity contribution is -0.139. The molecular formula is C33H35ClN4O6S. The van der Waals surface area contributed by atoms with Crippen LogP contribution in [0.1, 0.15) is 49.1 Å². The Morgan fingerprint density at radius 2 is 1.76 bits per heavy atom. The molecule has 0 radical (unpaired) electrons. The number of para-hydroxylation sites is 1. The van der Waals surface area contributed by atoms with Gasteiger partial charge < -0.3 is 29.6 Å². The number of carbonyl (C=O) groups is 2. The van der Waals surface area contributed by atoms with E-state index in [0.29, 0.717) is 63.0 Å². The first kappa shape index (κ1) is 33.3. The maximum absolute atomic E-state index is 12.8. The second-order valence-corrected chi connectivity index (χ2v) is 10.8. The largest absolute Gasteiger partial charge is 0.490 e. The van der Waals surface area contributed by atoms with Crippen LogP contribution in [0.4, 0.5) is 0 Å². The van der Waals surface area contributed by atoms with Crippen molar-refractivity contribution in [2.75, 3.05) is 19.8 Å². The number of aryl methyl sites for hydroxylation is 1. The van der Waals surface area contributed by atoms with Gasteiger partial charge in [0, 0.05) is 11.3 Å². The summed E-state index contributed by atoms with van der Waals surface area (Å²) >= 11 is 11.9. The summed E-state index contributed by atoms with van der Waals surface area (Å²) in [6.07, 6.45) is 1.45. The summed E-state index contributed by atoms with van der Waals surface area (Å²) in [5.41, 5.74) is 6.77. The SMILES string of the molecule is CCOC(=O)C1=C(C)NC(=S)N[C@@H]1c1ccccc1OCC(=O)NN=Cc1cc(Cl)c(OCc2ccc(C)cc2)c(OCC)c1. The van der Waals surface area contributed by atoms with E-state index < -0.39 is 17.9 Å².